The van der Waals surface area contributed by atoms with E-state index in [1.807, 2.05) is 46.9 Å². The van der Waals surface area contributed by atoms with Crippen LogP contribution in [0.3, 0.4) is 0 Å². The molecule has 4 rings (SSSR count). The number of nitrogens with zero attached hydrogens (tertiary/aromatic N) is 6. The topological polar surface area (TPSA) is 89.5 Å². The maximum Gasteiger partial charge on any atom is 0.245 e. The molecule has 9 nitrogen and oxygen atoms in total. The number of hydrogen-bond donors (Lipinski definition) is 0. The molecule has 1 aromatic carbocycles. The van der Waals surface area contributed by atoms with Crippen molar-refractivity contribution in [2.24, 2.45) is 0 Å². The molecule has 0 N–H and O–H groups in total. The smallest absolute Gasteiger partial charge is 0.245 e. The van der Waals surface area contributed by atoms with Gasteiger partial charge in [0.15, 0.2) is 0 Å². The fraction of sp³-hybridized carbons (Fsp3) is 0.400. The lowest BCUT2D eigenvalue weighted by molar-refractivity contribution is -0.136. The lowest BCUT2D eigenvalue weighted by Crippen LogP contribution is -2.49. The molecule has 0 spiro atoms. The third kappa shape index (κ3) is 4.29. The van der Waals surface area contributed by atoms with E-state index in [1.54, 1.807) is 19.6 Å². The van der Waals surface area contributed by atoms with Gasteiger partial charge >= 0.3 is 0 Å². The highest BCUT2D eigenvalue weighted by molar-refractivity contribution is 5.80. The summed E-state index contributed by atoms with van der Waals surface area (Å²) in [6.45, 7) is 5.36. The Bertz CT molecular complexity index is 930. The van der Waals surface area contributed by atoms with Crippen LogP contribution in [0.1, 0.15) is 18.9 Å². The van der Waals surface area contributed by atoms with Crippen LogP contribution in [-0.2, 0) is 11.3 Å². The van der Waals surface area contributed by atoms with E-state index in [0.29, 0.717) is 31.3 Å². The minimum absolute atomic E-state index is 0.113. The molecular weight excluding hydrogens is 372 g/mol. The van der Waals surface area contributed by atoms with E-state index in [1.165, 1.54) is 0 Å². The normalized spacial score (nSPS) is 16.0. The number of methoxy groups -OCH3 is 1. The Balaban J connectivity index is 1.31. The molecule has 0 radical (unpaired) electrons. The molecule has 29 heavy (non-hydrogen) atoms. The minimum atomic E-state index is -0.243. The number of imidazole rings is 1. The van der Waals surface area contributed by atoms with Gasteiger partial charge in [0.05, 0.1) is 20.0 Å². The predicted molar refractivity (Wildman–Crippen MR) is 105 cm³/mol. The predicted octanol–water partition coefficient (Wildman–Crippen LogP) is 1.85. The van der Waals surface area contributed by atoms with Crippen molar-refractivity contribution in [2.45, 2.75) is 19.5 Å². The average molecular weight is 396 g/mol. The minimum Gasteiger partial charge on any atom is -0.497 e. The first-order chi connectivity index (χ1) is 14.1. The summed E-state index contributed by atoms with van der Waals surface area (Å²) in [5.74, 6) is 2.03. The molecule has 1 unspecified atom stereocenters. The zero-order chi connectivity index (χ0) is 20.2. The van der Waals surface area contributed by atoms with E-state index >= 15 is 0 Å². The standard InChI is InChI=1S/C20H24N6O3/c1-15(26-8-7-21-14-26)20(27)25-11-9-24(10-12-25)13-18-22-19(23-29-18)16-3-5-17(28-2)6-4-16/h3-8,14-15H,9-13H2,1-2H3. The monoisotopic (exact) mass is 396 g/mol. The summed E-state index contributed by atoms with van der Waals surface area (Å²) in [5, 5.41) is 4.08. The van der Waals surface area contributed by atoms with Gasteiger partial charge in [0.1, 0.15) is 11.8 Å². The zero-order valence-corrected chi connectivity index (χ0v) is 16.6. The van der Waals surface area contributed by atoms with E-state index in [0.717, 1.165) is 24.4 Å². The fourth-order valence-electron chi connectivity index (χ4n) is 3.38. The summed E-state index contributed by atoms with van der Waals surface area (Å²) in [6, 6.07) is 7.30. The second kappa shape index (κ2) is 8.44. The van der Waals surface area contributed by atoms with Crippen molar-refractivity contribution in [2.75, 3.05) is 33.3 Å². The third-order valence-corrected chi connectivity index (χ3v) is 5.19. The van der Waals surface area contributed by atoms with Gasteiger partial charge in [-0.15, -0.1) is 0 Å². The molecule has 0 aliphatic carbocycles. The first kappa shape index (κ1) is 19.1. The van der Waals surface area contributed by atoms with E-state index in [2.05, 4.69) is 20.0 Å². The number of rotatable bonds is 6. The summed E-state index contributed by atoms with van der Waals surface area (Å²) in [7, 11) is 1.63. The second-order valence-corrected chi connectivity index (χ2v) is 7.03. The lowest BCUT2D eigenvalue weighted by atomic mass is 10.2. The van der Waals surface area contributed by atoms with E-state index in [4.69, 9.17) is 9.26 Å². The van der Waals surface area contributed by atoms with Crippen LogP contribution < -0.4 is 4.74 Å². The zero-order valence-electron chi connectivity index (χ0n) is 16.6. The molecule has 3 heterocycles. The van der Waals surface area contributed by atoms with Crippen LogP contribution in [0.25, 0.3) is 11.4 Å². The summed E-state index contributed by atoms with van der Waals surface area (Å²) in [6.07, 6.45) is 5.18. The van der Waals surface area contributed by atoms with Gasteiger partial charge in [0.2, 0.25) is 17.6 Å². The molecule has 3 aromatic rings. The molecule has 1 atom stereocenters. The number of hydrogen-bond acceptors (Lipinski definition) is 7. The van der Waals surface area contributed by atoms with E-state index < -0.39 is 0 Å². The molecule has 9 heteroatoms. The van der Waals surface area contributed by atoms with E-state index in [9.17, 15) is 4.79 Å². The largest absolute Gasteiger partial charge is 0.497 e. The maximum absolute atomic E-state index is 12.7. The van der Waals surface area contributed by atoms with Crippen LogP contribution in [-0.4, -0.2) is 68.7 Å². The van der Waals surface area contributed by atoms with Crippen molar-refractivity contribution < 1.29 is 14.1 Å². The van der Waals surface area contributed by atoms with Gasteiger partial charge in [-0.2, -0.15) is 4.98 Å². The molecule has 0 bridgehead atoms. The Morgan fingerprint density at radius 2 is 1.97 bits per heavy atom. The summed E-state index contributed by atoms with van der Waals surface area (Å²) < 4.78 is 12.4. The van der Waals surface area contributed by atoms with Crippen molar-refractivity contribution in [1.82, 2.24) is 29.5 Å². The number of ether oxygens (including phenoxy) is 1. The molecule has 152 valence electrons. The first-order valence-electron chi connectivity index (χ1n) is 9.59. The number of carbonyl (C=O) groups is 1. The number of aromatic nitrogens is 4. The van der Waals surface area contributed by atoms with Crippen LogP contribution in [0, 0.1) is 0 Å². The second-order valence-electron chi connectivity index (χ2n) is 7.03. The van der Waals surface area contributed by atoms with Crippen molar-refractivity contribution in [3.05, 3.63) is 48.9 Å². The molecule has 1 aliphatic rings. The Labute approximate surface area is 168 Å². The number of benzene rings is 1. The van der Waals surface area contributed by atoms with Crippen LogP contribution in [0.5, 0.6) is 5.75 Å². The summed E-state index contributed by atoms with van der Waals surface area (Å²) in [4.78, 5) is 25.3. The van der Waals surface area contributed by atoms with Crippen LogP contribution in [0.2, 0.25) is 0 Å². The van der Waals surface area contributed by atoms with Gasteiger partial charge < -0.3 is 18.7 Å². The van der Waals surface area contributed by atoms with Gasteiger partial charge in [-0.3, -0.25) is 9.69 Å². The van der Waals surface area contributed by atoms with Crippen molar-refractivity contribution in [3.63, 3.8) is 0 Å². The van der Waals surface area contributed by atoms with Gasteiger partial charge in [-0.25, -0.2) is 4.98 Å². The van der Waals surface area contributed by atoms with Crippen molar-refractivity contribution in [3.8, 4) is 17.1 Å². The number of piperazine rings is 1. The molecule has 0 saturated carbocycles. The molecule has 1 amide bonds. The molecular formula is C20H24N6O3. The van der Waals surface area contributed by atoms with E-state index in [-0.39, 0.29) is 11.9 Å². The number of carbonyl (C=O) groups excluding carboxylic acids is 1. The Kier molecular flexibility index (Phi) is 5.57. The lowest BCUT2D eigenvalue weighted by Gasteiger charge is -2.35. The first-order valence-corrected chi connectivity index (χ1v) is 9.59. The van der Waals surface area contributed by atoms with Gasteiger partial charge in [-0.1, -0.05) is 5.16 Å². The molecule has 1 fully saturated rings. The quantitative estimate of drug-likeness (QED) is 0.628. The molecule has 2 aromatic heterocycles. The summed E-state index contributed by atoms with van der Waals surface area (Å²) in [5.41, 5.74) is 0.879. The SMILES string of the molecule is COc1ccc(-c2noc(CN3CCN(C(=O)C(C)n4ccnc4)CC3)n2)cc1. The highest BCUT2D eigenvalue weighted by Gasteiger charge is 2.26. The highest BCUT2D eigenvalue weighted by Crippen LogP contribution is 2.20. The van der Waals surface area contributed by atoms with Crippen molar-refractivity contribution >= 4 is 5.91 Å². The van der Waals surface area contributed by atoms with Gasteiger partial charge in [0, 0.05) is 44.1 Å². The Morgan fingerprint density at radius 1 is 1.21 bits per heavy atom. The fourth-order valence-corrected chi connectivity index (χ4v) is 3.38. The number of amides is 1. The Hall–Kier alpha value is -3.20. The van der Waals surface area contributed by atoms with Crippen molar-refractivity contribution in [1.29, 1.82) is 0 Å². The third-order valence-electron chi connectivity index (χ3n) is 5.19. The van der Waals surface area contributed by atoms with Crippen LogP contribution in [0.4, 0.5) is 0 Å². The van der Waals surface area contributed by atoms with Gasteiger partial charge in [-0.05, 0) is 31.2 Å². The average Bonchev–Trinajstić information content (AvgIpc) is 3.46. The van der Waals surface area contributed by atoms with Gasteiger partial charge in [0.25, 0.3) is 0 Å². The van der Waals surface area contributed by atoms with Crippen LogP contribution in [0.15, 0.2) is 47.5 Å². The highest BCUT2D eigenvalue weighted by atomic mass is 16.5. The molecule has 1 aliphatic heterocycles. The summed E-state index contributed by atoms with van der Waals surface area (Å²) >= 11 is 0. The van der Waals surface area contributed by atoms with Crippen LogP contribution >= 0.6 is 0 Å². The molecule has 1 saturated heterocycles. The maximum atomic E-state index is 12.7. The Morgan fingerprint density at radius 3 is 2.62 bits per heavy atom.